The molecule has 0 atom stereocenters. The predicted octanol–water partition coefficient (Wildman–Crippen LogP) is 0.545. The second-order valence-corrected chi connectivity index (χ2v) is 4.88. The summed E-state index contributed by atoms with van der Waals surface area (Å²) in [4.78, 5) is 24.7. The molecule has 0 saturated heterocycles. The van der Waals surface area contributed by atoms with Crippen molar-refractivity contribution in [2.24, 2.45) is 5.92 Å². The van der Waals surface area contributed by atoms with Crippen molar-refractivity contribution in [3.8, 4) is 0 Å². The summed E-state index contributed by atoms with van der Waals surface area (Å²) in [5, 5.41) is 3.23. The second kappa shape index (κ2) is 6.00. The van der Waals surface area contributed by atoms with Crippen molar-refractivity contribution < 1.29 is 0 Å². The maximum absolute atomic E-state index is 11.4. The third-order valence-electron chi connectivity index (χ3n) is 2.05. The molecular weight excluding hydrogens is 274 g/mol. The van der Waals surface area contributed by atoms with Crippen molar-refractivity contribution in [1.82, 2.24) is 14.9 Å². The van der Waals surface area contributed by atoms with Crippen molar-refractivity contribution >= 4 is 15.9 Å². The zero-order valence-corrected chi connectivity index (χ0v) is 11.0. The van der Waals surface area contributed by atoms with E-state index in [1.165, 1.54) is 10.8 Å². The van der Waals surface area contributed by atoms with Gasteiger partial charge in [-0.2, -0.15) is 0 Å². The van der Waals surface area contributed by atoms with Crippen LogP contribution in [0, 0.1) is 5.92 Å². The fourth-order valence-corrected chi connectivity index (χ4v) is 1.59. The minimum Gasteiger partial charge on any atom is -0.315 e. The molecule has 0 aromatic carbocycles. The third-order valence-corrected chi connectivity index (χ3v) is 2.61. The summed E-state index contributed by atoms with van der Waals surface area (Å²) in [6, 6.07) is 0. The summed E-state index contributed by atoms with van der Waals surface area (Å²) in [5.74, 6) is 0.582. The Bertz CT molecular complexity index is 450. The molecule has 5 nitrogen and oxygen atoms in total. The summed E-state index contributed by atoms with van der Waals surface area (Å²) in [6.07, 6.45) is 1.51. The quantitative estimate of drug-likeness (QED) is 0.778. The molecule has 1 aromatic heterocycles. The predicted molar refractivity (Wildman–Crippen MR) is 66.7 cm³/mol. The van der Waals surface area contributed by atoms with Gasteiger partial charge in [0.15, 0.2) is 0 Å². The maximum Gasteiger partial charge on any atom is 0.328 e. The van der Waals surface area contributed by atoms with Gasteiger partial charge in [-0.1, -0.05) is 13.8 Å². The van der Waals surface area contributed by atoms with E-state index in [0.717, 1.165) is 6.54 Å². The largest absolute Gasteiger partial charge is 0.328 e. The van der Waals surface area contributed by atoms with Gasteiger partial charge in [0.2, 0.25) is 0 Å². The Morgan fingerprint density at radius 1 is 1.50 bits per heavy atom. The van der Waals surface area contributed by atoms with Gasteiger partial charge < -0.3 is 5.32 Å². The topological polar surface area (TPSA) is 66.9 Å². The Morgan fingerprint density at radius 2 is 2.19 bits per heavy atom. The highest BCUT2D eigenvalue weighted by Gasteiger charge is 2.01. The standard InChI is InChI=1S/C10H16BrN3O2/c1-7(2)5-12-3-4-14-6-8(11)9(15)13-10(14)16/h6-7,12H,3-5H2,1-2H3,(H,13,15,16). The molecule has 0 fully saturated rings. The molecule has 6 heteroatoms. The van der Waals surface area contributed by atoms with Crippen molar-refractivity contribution in [1.29, 1.82) is 0 Å². The molecule has 0 bridgehead atoms. The average Bonchev–Trinajstić information content (AvgIpc) is 2.19. The lowest BCUT2D eigenvalue weighted by Crippen LogP contribution is -2.33. The third kappa shape index (κ3) is 3.94. The lowest BCUT2D eigenvalue weighted by molar-refractivity contribution is 0.515. The fraction of sp³-hybridized carbons (Fsp3) is 0.600. The van der Waals surface area contributed by atoms with Crippen LogP contribution in [0.5, 0.6) is 0 Å². The Morgan fingerprint density at radius 3 is 2.81 bits per heavy atom. The van der Waals surface area contributed by atoms with Crippen LogP contribution in [0.3, 0.4) is 0 Å². The number of nitrogens with one attached hydrogen (secondary N) is 2. The minimum absolute atomic E-state index is 0.371. The summed E-state index contributed by atoms with van der Waals surface area (Å²) in [6.45, 7) is 6.41. The second-order valence-electron chi connectivity index (χ2n) is 4.03. The molecule has 0 aliphatic rings. The van der Waals surface area contributed by atoms with Gasteiger partial charge in [-0.15, -0.1) is 0 Å². The van der Waals surface area contributed by atoms with E-state index in [0.29, 0.717) is 23.5 Å². The molecule has 0 unspecified atom stereocenters. The summed E-state index contributed by atoms with van der Waals surface area (Å²) in [7, 11) is 0. The smallest absolute Gasteiger partial charge is 0.315 e. The number of hydrogen-bond donors (Lipinski definition) is 2. The molecule has 0 saturated carbocycles. The van der Waals surface area contributed by atoms with Crippen LogP contribution in [-0.2, 0) is 6.54 Å². The fourth-order valence-electron chi connectivity index (χ4n) is 1.24. The molecule has 1 heterocycles. The molecule has 0 amide bonds. The highest BCUT2D eigenvalue weighted by atomic mass is 79.9. The van der Waals surface area contributed by atoms with Crippen molar-refractivity contribution in [2.75, 3.05) is 13.1 Å². The first-order chi connectivity index (χ1) is 7.50. The Hall–Kier alpha value is -0.880. The Kier molecular flexibility index (Phi) is 4.95. The summed E-state index contributed by atoms with van der Waals surface area (Å²) >= 11 is 3.09. The molecular formula is C10H16BrN3O2. The molecule has 2 N–H and O–H groups in total. The van der Waals surface area contributed by atoms with E-state index in [1.54, 1.807) is 0 Å². The number of aromatic amines is 1. The van der Waals surface area contributed by atoms with Gasteiger partial charge in [0.05, 0.1) is 4.47 Å². The summed E-state index contributed by atoms with van der Waals surface area (Å²) in [5.41, 5.74) is -0.768. The molecule has 0 spiro atoms. The molecule has 0 aliphatic carbocycles. The highest BCUT2D eigenvalue weighted by molar-refractivity contribution is 9.10. The molecule has 16 heavy (non-hydrogen) atoms. The Balaban J connectivity index is 2.58. The van der Waals surface area contributed by atoms with Crippen LogP contribution in [0.15, 0.2) is 20.3 Å². The first kappa shape index (κ1) is 13.2. The zero-order valence-electron chi connectivity index (χ0n) is 9.42. The lowest BCUT2D eigenvalue weighted by Gasteiger charge is -2.08. The number of nitrogens with zero attached hydrogens (tertiary/aromatic N) is 1. The first-order valence-electron chi connectivity index (χ1n) is 5.20. The van der Waals surface area contributed by atoms with Gasteiger partial charge in [-0.05, 0) is 28.4 Å². The van der Waals surface area contributed by atoms with Gasteiger partial charge in [0.25, 0.3) is 5.56 Å². The van der Waals surface area contributed by atoms with Crippen molar-refractivity contribution in [3.05, 3.63) is 31.5 Å². The normalized spacial score (nSPS) is 11.0. The van der Waals surface area contributed by atoms with Gasteiger partial charge >= 0.3 is 5.69 Å². The summed E-state index contributed by atoms with van der Waals surface area (Å²) < 4.78 is 1.84. The number of aromatic nitrogens is 2. The van der Waals surface area contributed by atoms with Crippen molar-refractivity contribution in [2.45, 2.75) is 20.4 Å². The van der Waals surface area contributed by atoms with E-state index in [-0.39, 0.29) is 5.69 Å². The van der Waals surface area contributed by atoms with E-state index in [1.807, 2.05) is 0 Å². The van der Waals surface area contributed by atoms with E-state index >= 15 is 0 Å². The van der Waals surface area contributed by atoms with Crippen LogP contribution in [0.1, 0.15) is 13.8 Å². The minimum atomic E-state index is -0.392. The van der Waals surface area contributed by atoms with E-state index in [4.69, 9.17) is 0 Å². The van der Waals surface area contributed by atoms with Gasteiger partial charge in [-0.25, -0.2) is 4.79 Å². The zero-order chi connectivity index (χ0) is 12.1. The van der Waals surface area contributed by atoms with Crippen LogP contribution in [-0.4, -0.2) is 22.6 Å². The average molecular weight is 290 g/mol. The van der Waals surface area contributed by atoms with Gasteiger partial charge in [0, 0.05) is 19.3 Å². The molecule has 1 rings (SSSR count). The number of H-pyrrole nitrogens is 1. The monoisotopic (exact) mass is 289 g/mol. The first-order valence-corrected chi connectivity index (χ1v) is 6.00. The Labute approximate surface area is 102 Å². The molecule has 0 aliphatic heterocycles. The van der Waals surface area contributed by atoms with Crippen LogP contribution in [0.2, 0.25) is 0 Å². The molecule has 1 aromatic rings. The number of rotatable bonds is 5. The van der Waals surface area contributed by atoms with Gasteiger partial charge in [-0.3, -0.25) is 14.3 Å². The SMILES string of the molecule is CC(C)CNCCn1cc(Br)c(=O)[nH]c1=O. The van der Waals surface area contributed by atoms with E-state index in [9.17, 15) is 9.59 Å². The molecule has 0 radical (unpaired) electrons. The van der Waals surface area contributed by atoms with Crippen LogP contribution in [0.4, 0.5) is 0 Å². The van der Waals surface area contributed by atoms with Crippen LogP contribution >= 0.6 is 15.9 Å². The maximum atomic E-state index is 11.4. The van der Waals surface area contributed by atoms with Crippen molar-refractivity contribution in [3.63, 3.8) is 0 Å². The number of hydrogen-bond acceptors (Lipinski definition) is 3. The van der Waals surface area contributed by atoms with E-state index < -0.39 is 5.56 Å². The van der Waals surface area contributed by atoms with Crippen LogP contribution in [0.25, 0.3) is 0 Å². The molecule has 90 valence electrons. The van der Waals surface area contributed by atoms with Crippen LogP contribution < -0.4 is 16.6 Å². The van der Waals surface area contributed by atoms with Gasteiger partial charge in [0.1, 0.15) is 0 Å². The lowest BCUT2D eigenvalue weighted by atomic mass is 10.2. The number of halogens is 1. The highest BCUT2D eigenvalue weighted by Crippen LogP contribution is 1.97. The van der Waals surface area contributed by atoms with E-state index in [2.05, 4.69) is 40.1 Å².